The van der Waals surface area contributed by atoms with Gasteiger partial charge in [0.1, 0.15) is 5.75 Å². The van der Waals surface area contributed by atoms with E-state index in [4.69, 9.17) is 4.74 Å². The average Bonchev–Trinajstić information content (AvgIpc) is 2.36. The Labute approximate surface area is 110 Å². The first-order chi connectivity index (χ1) is 8.58. The molecule has 0 aliphatic rings. The second-order valence-corrected chi connectivity index (χ2v) is 4.86. The van der Waals surface area contributed by atoms with E-state index in [0.717, 1.165) is 29.7 Å². The standard InChI is InChI=1S/C15H25NO2/c1-5-6-12(3)16-10-14(17)13-9-11(2)7-8-15(13)18-4/h7-9,12,14,16-17H,5-6,10H2,1-4H3. The number of aryl methyl sites for hydroxylation is 1. The van der Waals surface area contributed by atoms with Crippen LogP contribution in [0.5, 0.6) is 5.75 Å². The summed E-state index contributed by atoms with van der Waals surface area (Å²) < 4.78 is 5.29. The van der Waals surface area contributed by atoms with Crippen molar-refractivity contribution in [3.05, 3.63) is 29.3 Å². The molecule has 18 heavy (non-hydrogen) atoms. The quantitative estimate of drug-likeness (QED) is 0.783. The molecule has 3 nitrogen and oxygen atoms in total. The van der Waals surface area contributed by atoms with Crippen LogP contribution in [-0.4, -0.2) is 24.8 Å². The molecule has 0 heterocycles. The molecule has 2 N–H and O–H groups in total. The number of methoxy groups -OCH3 is 1. The van der Waals surface area contributed by atoms with Crippen molar-refractivity contribution in [1.82, 2.24) is 5.32 Å². The highest BCUT2D eigenvalue weighted by Gasteiger charge is 2.14. The first-order valence-corrected chi connectivity index (χ1v) is 6.64. The third-order valence-corrected chi connectivity index (χ3v) is 3.13. The van der Waals surface area contributed by atoms with Crippen molar-refractivity contribution in [3.63, 3.8) is 0 Å². The van der Waals surface area contributed by atoms with E-state index in [1.54, 1.807) is 7.11 Å². The molecule has 0 bridgehead atoms. The van der Waals surface area contributed by atoms with E-state index < -0.39 is 6.10 Å². The molecule has 0 saturated heterocycles. The Morgan fingerprint density at radius 2 is 2.11 bits per heavy atom. The lowest BCUT2D eigenvalue weighted by molar-refractivity contribution is 0.166. The SMILES string of the molecule is CCCC(C)NCC(O)c1cc(C)ccc1OC. The van der Waals surface area contributed by atoms with Crippen molar-refractivity contribution in [2.24, 2.45) is 0 Å². The Bertz CT molecular complexity index is 366. The van der Waals surface area contributed by atoms with Gasteiger partial charge in [-0.3, -0.25) is 0 Å². The molecule has 0 saturated carbocycles. The highest BCUT2D eigenvalue weighted by atomic mass is 16.5. The Kier molecular flexibility index (Phi) is 6.16. The zero-order valence-corrected chi connectivity index (χ0v) is 11.9. The molecule has 2 atom stereocenters. The molecule has 0 fully saturated rings. The molecule has 0 spiro atoms. The van der Waals surface area contributed by atoms with Crippen molar-refractivity contribution in [2.75, 3.05) is 13.7 Å². The van der Waals surface area contributed by atoms with Crippen LogP contribution in [0, 0.1) is 6.92 Å². The van der Waals surface area contributed by atoms with Crippen LogP contribution in [0.3, 0.4) is 0 Å². The molecule has 0 aromatic heterocycles. The highest BCUT2D eigenvalue weighted by Crippen LogP contribution is 2.25. The maximum atomic E-state index is 10.2. The largest absolute Gasteiger partial charge is 0.496 e. The Morgan fingerprint density at radius 3 is 2.72 bits per heavy atom. The molecular weight excluding hydrogens is 226 g/mol. The smallest absolute Gasteiger partial charge is 0.124 e. The maximum Gasteiger partial charge on any atom is 0.124 e. The predicted octanol–water partition coefficient (Wildman–Crippen LogP) is 2.82. The summed E-state index contributed by atoms with van der Waals surface area (Å²) >= 11 is 0. The number of aliphatic hydroxyl groups is 1. The van der Waals surface area contributed by atoms with E-state index in [9.17, 15) is 5.11 Å². The van der Waals surface area contributed by atoms with Gasteiger partial charge >= 0.3 is 0 Å². The van der Waals surface area contributed by atoms with E-state index in [2.05, 4.69) is 19.2 Å². The summed E-state index contributed by atoms with van der Waals surface area (Å²) in [5, 5.41) is 13.6. The number of aliphatic hydroxyl groups excluding tert-OH is 1. The summed E-state index contributed by atoms with van der Waals surface area (Å²) in [7, 11) is 1.63. The number of hydrogen-bond donors (Lipinski definition) is 2. The second-order valence-electron chi connectivity index (χ2n) is 4.86. The molecule has 102 valence electrons. The van der Waals surface area contributed by atoms with Crippen LogP contribution in [0.2, 0.25) is 0 Å². The van der Waals surface area contributed by atoms with Crippen LogP contribution < -0.4 is 10.1 Å². The molecule has 1 aromatic rings. The average molecular weight is 251 g/mol. The van der Waals surface area contributed by atoms with Gasteiger partial charge in [0.05, 0.1) is 13.2 Å². The van der Waals surface area contributed by atoms with Crippen LogP contribution in [0.25, 0.3) is 0 Å². The van der Waals surface area contributed by atoms with Crippen molar-refractivity contribution < 1.29 is 9.84 Å². The minimum Gasteiger partial charge on any atom is -0.496 e. The van der Waals surface area contributed by atoms with Crippen LogP contribution >= 0.6 is 0 Å². The van der Waals surface area contributed by atoms with Crippen molar-refractivity contribution in [1.29, 1.82) is 0 Å². The lowest BCUT2D eigenvalue weighted by Gasteiger charge is -2.19. The van der Waals surface area contributed by atoms with Gasteiger partial charge in [0.2, 0.25) is 0 Å². The topological polar surface area (TPSA) is 41.5 Å². The van der Waals surface area contributed by atoms with Gasteiger partial charge in [-0.15, -0.1) is 0 Å². The van der Waals surface area contributed by atoms with E-state index in [1.807, 2.05) is 25.1 Å². The number of benzene rings is 1. The monoisotopic (exact) mass is 251 g/mol. The second kappa shape index (κ2) is 7.39. The van der Waals surface area contributed by atoms with Gasteiger partial charge in [0.25, 0.3) is 0 Å². The fraction of sp³-hybridized carbons (Fsp3) is 0.600. The van der Waals surface area contributed by atoms with E-state index in [1.165, 1.54) is 0 Å². The molecule has 1 aromatic carbocycles. The summed E-state index contributed by atoms with van der Waals surface area (Å²) in [5.41, 5.74) is 1.99. The fourth-order valence-corrected chi connectivity index (χ4v) is 2.07. The van der Waals surface area contributed by atoms with Gasteiger partial charge in [0.15, 0.2) is 0 Å². The normalized spacial score (nSPS) is 14.3. The summed E-state index contributed by atoms with van der Waals surface area (Å²) in [6, 6.07) is 6.31. The van der Waals surface area contributed by atoms with Crippen molar-refractivity contribution >= 4 is 0 Å². The van der Waals surface area contributed by atoms with E-state index >= 15 is 0 Å². The molecule has 0 aliphatic carbocycles. The number of rotatable bonds is 7. The summed E-state index contributed by atoms with van der Waals surface area (Å²) in [6.07, 6.45) is 1.74. The Balaban J connectivity index is 2.65. The highest BCUT2D eigenvalue weighted by molar-refractivity contribution is 5.38. The molecule has 0 aliphatic heterocycles. The zero-order chi connectivity index (χ0) is 13.5. The number of ether oxygens (including phenoxy) is 1. The lowest BCUT2D eigenvalue weighted by atomic mass is 10.0. The minimum atomic E-state index is -0.529. The van der Waals surface area contributed by atoms with Gasteiger partial charge in [-0.2, -0.15) is 0 Å². The molecule has 3 heteroatoms. The van der Waals surface area contributed by atoms with Crippen LogP contribution in [0.15, 0.2) is 18.2 Å². The fourth-order valence-electron chi connectivity index (χ4n) is 2.07. The maximum absolute atomic E-state index is 10.2. The van der Waals surface area contributed by atoms with Crippen LogP contribution in [-0.2, 0) is 0 Å². The Morgan fingerprint density at radius 1 is 1.39 bits per heavy atom. The van der Waals surface area contributed by atoms with Crippen LogP contribution in [0.4, 0.5) is 0 Å². The van der Waals surface area contributed by atoms with Crippen LogP contribution in [0.1, 0.15) is 43.9 Å². The summed E-state index contributed by atoms with van der Waals surface area (Å²) in [5.74, 6) is 0.748. The molecule has 0 radical (unpaired) electrons. The number of hydrogen-bond acceptors (Lipinski definition) is 3. The number of nitrogens with one attached hydrogen (secondary N) is 1. The minimum absolute atomic E-state index is 0.431. The van der Waals surface area contributed by atoms with E-state index in [0.29, 0.717) is 12.6 Å². The van der Waals surface area contributed by atoms with Gasteiger partial charge in [-0.25, -0.2) is 0 Å². The first-order valence-electron chi connectivity index (χ1n) is 6.64. The van der Waals surface area contributed by atoms with E-state index in [-0.39, 0.29) is 0 Å². The van der Waals surface area contributed by atoms with Gasteiger partial charge < -0.3 is 15.2 Å². The lowest BCUT2D eigenvalue weighted by Crippen LogP contribution is -2.30. The molecule has 2 unspecified atom stereocenters. The third kappa shape index (κ3) is 4.31. The predicted molar refractivity (Wildman–Crippen MR) is 75.1 cm³/mol. The molecule has 1 rings (SSSR count). The first kappa shape index (κ1) is 15.0. The van der Waals surface area contributed by atoms with Gasteiger partial charge in [-0.1, -0.05) is 25.0 Å². The van der Waals surface area contributed by atoms with Gasteiger partial charge in [0, 0.05) is 18.2 Å². The summed E-state index contributed by atoms with van der Waals surface area (Å²) in [6.45, 7) is 6.88. The van der Waals surface area contributed by atoms with Crippen molar-refractivity contribution in [2.45, 2.75) is 45.8 Å². The molecule has 0 amide bonds. The Hall–Kier alpha value is -1.06. The third-order valence-electron chi connectivity index (χ3n) is 3.13. The molecular formula is C15H25NO2. The van der Waals surface area contributed by atoms with Gasteiger partial charge in [-0.05, 0) is 32.4 Å². The van der Waals surface area contributed by atoms with Crippen molar-refractivity contribution in [3.8, 4) is 5.75 Å². The summed E-state index contributed by atoms with van der Waals surface area (Å²) in [4.78, 5) is 0. The zero-order valence-electron chi connectivity index (χ0n) is 11.9.